The van der Waals surface area contributed by atoms with Gasteiger partial charge in [0.2, 0.25) is 5.79 Å². The number of nitro groups is 1. The van der Waals surface area contributed by atoms with Crippen molar-refractivity contribution in [2.75, 3.05) is 19.8 Å². The summed E-state index contributed by atoms with van der Waals surface area (Å²) in [7, 11) is 0. The summed E-state index contributed by atoms with van der Waals surface area (Å²) in [6, 6.07) is 2.71. The van der Waals surface area contributed by atoms with E-state index in [0.717, 1.165) is 18.2 Å². The number of benzene rings is 1. The Labute approximate surface area is 252 Å². The molecular weight excluding hydrogens is 626 g/mol. The fraction of sp³-hybridized carbons (Fsp3) is 0.750. The standard InChI is InChI=1S/C24H34ClNO18/c25-9-3-7(26(38)39)1-2-8(9)24(44-23-20(37)17(34)14(31)11(5-28)41-23)21(18(35)15(32)12(6-29)43-24)42-22-19(36)16(33)13(30)10(4-27)40-22/h1-3,10-23,27-37H,4-6H2/t10-,11-,12-,13-,14-,15-,16+,17+,18+,19-,20-,21-,22-,23-,24-/m1/s1. The van der Waals surface area contributed by atoms with Crippen molar-refractivity contribution in [2.24, 2.45) is 0 Å². The van der Waals surface area contributed by atoms with E-state index in [2.05, 4.69) is 0 Å². The van der Waals surface area contributed by atoms with Gasteiger partial charge in [0.1, 0.15) is 73.2 Å². The Balaban J connectivity index is 1.88. The smallest absolute Gasteiger partial charge is 0.270 e. The van der Waals surface area contributed by atoms with E-state index in [1.165, 1.54) is 0 Å². The van der Waals surface area contributed by atoms with Gasteiger partial charge in [0, 0.05) is 17.7 Å². The number of non-ortho nitro benzene ring substituents is 1. The molecule has 3 aliphatic rings. The lowest BCUT2D eigenvalue weighted by Crippen LogP contribution is -2.70. The van der Waals surface area contributed by atoms with Crippen LogP contribution in [0.4, 0.5) is 5.69 Å². The van der Waals surface area contributed by atoms with Crippen molar-refractivity contribution in [3.63, 3.8) is 0 Å². The zero-order valence-corrected chi connectivity index (χ0v) is 23.3. The summed E-state index contributed by atoms with van der Waals surface area (Å²) in [6.45, 7) is -2.79. The fourth-order valence-corrected chi connectivity index (χ4v) is 5.54. The van der Waals surface area contributed by atoms with Gasteiger partial charge in [0.25, 0.3) is 5.69 Å². The molecule has 0 amide bonds. The molecule has 0 unspecified atom stereocenters. The molecule has 19 nitrogen and oxygen atoms in total. The average Bonchev–Trinajstić information content (AvgIpc) is 3.00. The molecule has 0 spiro atoms. The molecule has 250 valence electrons. The lowest BCUT2D eigenvalue weighted by molar-refractivity contribution is -0.449. The van der Waals surface area contributed by atoms with Crippen molar-refractivity contribution in [2.45, 2.75) is 91.6 Å². The fourth-order valence-electron chi connectivity index (χ4n) is 5.24. The van der Waals surface area contributed by atoms with Crippen LogP contribution >= 0.6 is 11.6 Å². The summed E-state index contributed by atoms with van der Waals surface area (Å²) < 4.78 is 28.4. The molecule has 4 rings (SSSR count). The summed E-state index contributed by atoms with van der Waals surface area (Å²) in [4.78, 5) is 10.6. The van der Waals surface area contributed by atoms with Crippen LogP contribution in [0, 0.1) is 10.1 Å². The molecule has 3 aliphatic heterocycles. The predicted molar refractivity (Wildman–Crippen MR) is 137 cm³/mol. The second kappa shape index (κ2) is 13.9. The minimum atomic E-state index is -2.81. The molecule has 1 aromatic carbocycles. The lowest BCUT2D eigenvalue weighted by atomic mass is 9.87. The maximum atomic E-state index is 11.4. The Morgan fingerprint density at radius 1 is 0.750 bits per heavy atom. The van der Waals surface area contributed by atoms with Crippen molar-refractivity contribution >= 4 is 17.3 Å². The van der Waals surface area contributed by atoms with Crippen LogP contribution in [-0.4, -0.2) is 167 Å². The highest BCUT2D eigenvalue weighted by Crippen LogP contribution is 2.47. The largest absolute Gasteiger partial charge is 0.394 e. The average molecular weight is 660 g/mol. The number of aliphatic hydroxyl groups excluding tert-OH is 11. The molecule has 0 bridgehead atoms. The third-order valence-corrected chi connectivity index (χ3v) is 8.04. The van der Waals surface area contributed by atoms with Gasteiger partial charge in [-0.15, -0.1) is 0 Å². The number of hydrogen-bond donors (Lipinski definition) is 11. The zero-order chi connectivity index (χ0) is 32.7. The number of ether oxygens (including phenoxy) is 5. The summed E-state index contributed by atoms with van der Waals surface area (Å²) >= 11 is 6.41. The van der Waals surface area contributed by atoms with E-state index in [1.807, 2.05) is 0 Å². The monoisotopic (exact) mass is 659 g/mol. The minimum Gasteiger partial charge on any atom is -0.394 e. The van der Waals surface area contributed by atoms with E-state index in [1.54, 1.807) is 0 Å². The van der Waals surface area contributed by atoms with Gasteiger partial charge >= 0.3 is 0 Å². The Morgan fingerprint density at radius 3 is 1.75 bits per heavy atom. The van der Waals surface area contributed by atoms with Crippen LogP contribution < -0.4 is 0 Å². The maximum absolute atomic E-state index is 11.4. The first-order valence-corrected chi connectivity index (χ1v) is 13.6. The molecule has 44 heavy (non-hydrogen) atoms. The first-order chi connectivity index (χ1) is 20.7. The lowest BCUT2D eigenvalue weighted by Gasteiger charge is -2.53. The van der Waals surface area contributed by atoms with Crippen molar-refractivity contribution < 1.29 is 84.8 Å². The molecule has 1 aromatic rings. The van der Waals surface area contributed by atoms with E-state index >= 15 is 0 Å². The summed E-state index contributed by atoms with van der Waals surface area (Å²) in [5.74, 6) is -2.81. The summed E-state index contributed by atoms with van der Waals surface area (Å²) in [5, 5.41) is 125. The first kappa shape index (κ1) is 35.1. The third kappa shape index (κ3) is 6.30. The van der Waals surface area contributed by atoms with Gasteiger partial charge in [-0.3, -0.25) is 10.1 Å². The van der Waals surface area contributed by atoms with Crippen molar-refractivity contribution in [3.05, 3.63) is 38.9 Å². The number of hydrogen-bond acceptors (Lipinski definition) is 18. The molecule has 0 saturated carbocycles. The first-order valence-electron chi connectivity index (χ1n) is 13.3. The minimum absolute atomic E-state index is 0.430. The normalized spacial score (nSPS) is 44.8. The van der Waals surface area contributed by atoms with E-state index in [4.69, 9.17) is 35.3 Å². The molecule has 0 aromatic heterocycles. The Morgan fingerprint density at radius 2 is 1.25 bits per heavy atom. The van der Waals surface area contributed by atoms with E-state index in [-0.39, 0.29) is 0 Å². The van der Waals surface area contributed by atoms with Crippen LogP contribution in [0.3, 0.4) is 0 Å². The molecule has 20 heteroatoms. The quantitative estimate of drug-likeness (QED) is 0.0869. The third-order valence-electron chi connectivity index (χ3n) is 7.73. The number of rotatable bonds is 9. The second-order valence-electron chi connectivity index (χ2n) is 10.5. The molecule has 3 saturated heterocycles. The predicted octanol–water partition coefficient (Wildman–Crippen LogP) is -5.48. The van der Waals surface area contributed by atoms with Gasteiger partial charge in [-0.05, 0) is 6.07 Å². The van der Waals surface area contributed by atoms with Gasteiger partial charge in [-0.25, -0.2) is 0 Å². The highest BCUT2D eigenvalue weighted by Gasteiger charge is 2.62. The van der Waals surface area contributed by atoms with Gasteiger partial charge in [-0.2, -0.15) is 0 Å². The SMILES string of the molecule is O=[N+]([O-])c1ccc([C@]2(O[C@H]3O[C@H](CO)[C@@H](O)[C@H](O)[C@H]3O)O[C@H](CO)[C@@H](O)[C@H](O)[C@H]2O[C@H]2O[C@H](CO)[C@@H](O)[C@H](O)[C@H]2O)c(Cl)c1. The summed E-state index contributed by atoms with van der Waals surface area (Å²) in [6.07, 6.45) is -27.1. The van der Waals surface area contributed by atoms with Crippen LogP contribution in [0.1, 0.15) is 5.56 Å². The number of nitrogens with zero attached hydrogens (tertiary/aromatic N) is 1. The van der Waals surface area contributed by atoms with Crippen LogP contribution in [0.2, 0.25) is 5.02 Å². The van der Waals surface area contributed by atoms with E-state index in [0.29, 0.717) is 0 Å². The highest BCUT2D eigenvalue weighted by molar-refractivity contribution is 6.31. The summed E-state index contributed by atoms with van der Waals surface area (Å²) in [5.41, 5.74) is -0.969. The Hall–Kier alpha value is -1.73. The van der Waals surface area contributed by atoms with Gasteiger partial charge in [-0.1, -0.05) is 11.6 Å². The van der Waals surface area contributed by atoms with Gasteiger partial charge in [0.15, 0.2) is 12.6 Å². The second-order valence-corrected chi connectivity index (χ2v) is 10.9. The molecule has 0 aliphatic carbocycles. The van der Waals surface area contributed by atoms with Crippen LogP contribution in [0.25, 0.3) is 0 Å². The number of aliphatic hydroxyl groups is 11. The van der Waals surface area contributed by atoms with Gasteiger partial charge in [0.05, 0.1) is 29.8 Å². The van der Waals surface area contributed by atoms with Crippen molar-refractivity contribution in [3.8, 4) is 0 Å². The van der Waals surface area contributed by atoms with E-state index < -0.39 is 133 Å². The zero-order valence-electron chi connectivity index (χ0n) is 22.5. The molecule has 3 heterocycles. The molecular formula is C24H34ClNO18. The molecule has 11 N–H and O–H groups in total. The number of halogens is 1. The van der Waals surface area contributed by atoms with Crippen LogP contribution in [-0.2, 0) is 29.5 Å². The Bertz CT molecular complexity index is 1150. The number of nitro benzene ring substituents is 1. The maximum Gasteiger partial charge on any atom is 0.270 e. The highest BCUT2D eigenvalue weighted by atomic mass is 35.5. The molecule has 0 radical (unpaired) electrons. The molecule has 15 atom stereocenters. The van der Waals surface area contributed by atoms with Gasteiger partial charge < -0.3 is 79.9 Å². The van der Waals surface area contributed by atoms with Crippen LogP contribution in [0.15, 0.2) is 18.2 Å². The van der Waals surface area contributed by atoms with Crippen molar-refractivity contribution in [1.29, 1.82) is 0 Å². The Kier molecular flexibility index (Phi) is 11.1. The van der Waals surface area contributed by atoms with Crippen LogP contribution in [0.5, 0.6) is 0 Å². The molecule has 3 fully saturated rings. The van der Waals surface area contributed by atoms with Crippen molar-refractivity contribution in [1.82, 2.24) is 0 Å². The van der Waals surface area contributed by atoms with E-state index in [9.17, 15) is 66.3 Å². The topological polar surface area (TPSA) is 312 Å².